The summed E-state index contributed by atoms with van der Waals surface area (Å²) in [6.45, 7) is 0. The molecule has 0 heterocycles. The number of Topliss-reactive ketones (excluding diaryl/α,β-unsaturated/α-hetero) is 1. The molecule has 0 aromatic rings. The first-order valence-corrected chi connectivity index (χ1v) is 9.80. The third-order valence-corrected chi connectivity index (χ3v) is 5.89. The molecular formula is C18H24Cl3NO2. The number of hydrogen-bond acceptors (Lipinski definition) is 2. The molecule has 0 radical (unpaired) electrons. The number of carbonyl (C=O) groups is 2. The second-order valence-corrected chi connectivity index (χ2v) is 8.07. The molecule has 2 aliphatic carbocycles. The topological polar surface area (TPSA) is 46.2 Å². The minimum Gasteiger partial charge on any atom is -0.353 e. The minimum atomic E-state index is -0.359. The minimum absolute atomic E-state index is 0.0123. The van der Waals surface area contributed by atoms with Crippen LogP contribution in [0.4, 0.5) is 0 Å². The zero-order valence-corrected chi connectivity index (χ0v) is 16.0. The predicted octanol–water partition coefficient (Wildman–Crippen LogP) is 5.25. The number of carbonyl (C=O) groups excluding carboxylic acids is 2. The maximum absolute atomic E-state index is 12.7. The summed E-state index contributed by atoms with van der Waals surface area (Å²) in [6.07, 6.45) is 11.9. The zero-order valence-electron chi connectivity index (χ0n) is 13.7. The van der Waals surface area contributed by atoms with E-state index in [0.29, 0.717) is 12.8 Å². The summed E-state index contributed by atoms with van der Waals surface area (Å²) in [5.74, 6) is -0.780. The Kier molecular flexibility index (Phi) is 8.12. The van der Waals surface area contributed by atoms with Crippen LogP contribution in [0.25, 0.3) is 0 Å². The number of hydrogen-bond donors (Lipinski definition) is 1. The lowest BCUT2D eigenvalue weighted by Gasteiger charge is -2.28. The van der Waals surface area contributed by atoms with Crippen molar-refractivity contribution in [1.29, 1.82) is 0 Å². The van der Waals surface area contributed by atoms with Crippen LogP contribution in [-0.4, -0.2) is 17.7 Å². The number of nitrogens with one attached hydrogen (secondary N) is 1. The molecule has 0 bridgehead atoms. The first-order chi connectivity index (χ1) is 11.5. The Bertz CT molecular complexity index is 518. The maximum atomic E-state index is 12.7. The van der Waals surface area contributed by atoms with E-state index in [0.717, 1.165) is 25.7 Å². The summed E-state index contributed by atoms with van der Waals surface area (Å²) >= 11 is 17.2. The van der Waals surface area contributed by atoms with Crippen LogP contribution < -0.4 is 5.32 Å². The smallest absolute Gasteiger partial charge is 0.224 e. The Labute approximate surface area is 158 Å². The molecule has 0 aromatic carbocycles. The molecule has 0 unspecified atom stereocenters. The molecule has 0 aliphatic heterocycles. The molecule has 0 saturated heterocycles. The van der Waals surface area contributed by atoms with Crippen molar-refractivity contribution in [3.63, 3.8) is 0 Å². The first-order valence-electron chi connectivity index (χ1n) is 8.66. The Morgan fingerprint density at radius 2 is 1.50 bits per heavy atom. The Morgan fingerprint density at radius 1 is 0.917 bits per heavy atom. The maximum Gasteiger partial charge on any atom is 0.224 e. The molecule has 0 aromatic heterocycles. The van der Waals surface area contributed by atoms with Crippen molar-refractivity contribution in [3.05, 3.63) is 21.7 Å². The molecule has 0 spiro atoms. The van der Waals surface area contributed by atoms with Crippen molar-refractivity contribution in [2.75, 3.05) is 0 Å². The fourth-order valence-corrected chi connectivity index (χ4v) is 3.81. The molecule has 6 heteroatoms. The fraction of sp³-hybridized carbons (Fsp3) is 0.667. The lowest BCUT2D eigenvalue weighted by atomic mass is 9.78. The fourth-order valence-electron chi connectivity index (χ4n) is 3.54. The van der Waals surface area contributed by atoms with Crippen LogP contribution in [-0.2, 0) is 9.59 Å². The third kappa shape index (κ3) is 5.79. The lowest BCUT2D eigenvalue weighted by molar-refractivity contribution is -0.134. The molecule has 2 rings (SSSR count). The summed E-state index contributed by atoms with van der Waals surface area (Å²) in [6, 6.07) is 0.238. The van der Waals surface area contributed by atoms with Crippen molar-refractivity contribution in [2.45, 2.75) is 63.8 Å². The number of ketones is 1. The number of halogens is 3. The molecule has 1 amide bonds. The average Bonchev–Trinajstić information content (AvgIpc) is 2.83. The van der Waals surface area contributed by atoms with E-state index in [9.17, 15) is 9.59 Å². The monoisotopic (exact) mass is 391 g/mol. The first kappa shape index (κ1) is 19.8. The number of amides is 1. The second-order valence-electron chi connectivity index (χ2n) is 6.66. The molecule has 3 nitrogen and oxygen atoms in total. The van der Waals surface area contributed by atoms with Crippen molar-refractivity contribution in [1.82, 2.24) is 5.32 Å². The van der Waals surface area contributed by atoms with Gasteiger partial charge in [0.2, 0.25) is 5.91 Å². The van der Waals surface area contributed by atoms with Gasteiger partial charge in [0.25, 0.3) is 0 Å². The van der Waals surface area contributed by atoms with Gasteiger partial charge in [0.1, 0.15) is 10.3 Å². The predicted molar refractivity (Wildman–Crippen MR) is 99.2 cm³/mol. The highest BCUT2D eigenvalue weighted by atomic mass is 35.5. The zero-order chi connectivity index (χ0) is 17.5. The van der Waals surface area contributed by atoms with Gasteiger partial charge >= 0.3 is 0 Å². The van der Waals surface area contributed by atoms with E-state index in [4.69, 9.17) is 34.8 Å². The quantitative estimate of drug-likeness (QED) is 0.513. The molecular weight excluding hydrogens is 369 g/mol. The van der Waals surface area contributed by atoms with Gasteiger partial charge in [-0.15, -0.1) is 0 Å². The SMILES string of the molecule is O=C(NC1CCCCCC1)[C@H]1CC=CC[C@H]1C(=O)CC(Cl)=C(Cl)Cl. The van der Waals surface area contributed by atoms with Crippen LogP contribution in [0.5, 0.6) is 0 Å². The summed E-state index contributed by atoms with van der Waals surface area (Å²) in [4.78, 5) is 25.2. The summed E-state index contributed by atoms with van der Waals surface area (Å²) in [7, 11) is 0. The van der Waals surface area contributed by atoms with Crippen LogP contribution in [0.2, 0.25) is 0 Å². The largest absolute Gasteiger partial charge is 0.353 e. The Balaban J connectivity index is 2.00. The highest BCUT2D eigenvalue weighted by Gasteiger charge is 2.34. The van der Waals surface area contributed by atoms with Gasteiger partial charge in [-0.05, 0) is 25.7 Å². The Hall–Kier alpha value is -0.510. The lowest BCUT2D eigenvalue weighted by Crippen LogP contribution is -2.43. The van der Waals surface area contributed by atoms with Gasteiger partial charge in [0.05, 0.1) is 11.0 Å². The van der Waals surface area contributed by atoms with E-state index in [1.54, 1.807) is 0 Å². The molecule has 1 N–H and O–H groups in total. The van der Waals surface area contributed by atoms with Crippen molar-refractivity contribution in [3.8, 4) is 0 Å². The van der Waals surface area contributed by atoms with E-state index in [2.05, 4.69) is 5.32 Å². The average molecular weight is 393 g/mol. The van der Waals surface area contributed by atoms with Crippen molar-refractivity contribution in [2.24, 2.45) is 11.8 Å². The van der Waals surface area contributed by atoms with Gasteiger partial charge in [-0.2, -0.15) is 0 Å². The van der Waals surface area contributed by atoms with Gasteiger partial charge in [0, 0.05) is 18.4 Å². The van der Waals surface area contributed by atoms with E-state index < -0.39 is 0 Å². The van der Waals surface area contributed by atoms with Crippen molar-refractivity contribution >= 4 is 46.5 Å². The molecule has 24 heavy (non-hydrogen) atoms. The van der Waals surface area contributed by atoms with Crippen LogP contribution in [0.3, 0.4) is 0 Å². The van der Waals surface area contributed by atoms with Crippen LogP contribution >= 0.6 is 34.8 Å². The number of rotatable bonds is 5. The van der Waals surface area contributed by atoms with E-state index in [-0.39, 0.29) is 45.5 Å². The molecule has 2 atom stereocenters. The standard InChI is InChI=1S/C18H24Cl3NO2/c19-15(17(20)21)11-16(23)13-9-5-6-10-14(13)18(24)22-12-7-3-1-2-4-8-12/h5-6,12-14H,1-4,7-11H2,(H,22,24)/t13-,14+/m1/s1. The third-order valence-electron chi connectivity index (χ3n) is 4.92. The van der Waals surface area contributed by atoms with Crippen LogP contribution in [0, 0.1) is 11.8 Å². The molecule has 1 saturated carbocycles. The van der Waals surface area contributed by atoms with Gasteiger partial charge < -0.3 is 5.32 Å². The summed E-state index contributed by atoms with van der Waals surface area (Å²) in [5.41, 5.74) is 0. The van der Waals surface area contributed by atoms with E-state index in [1.807, 2.05) is 12.2 Å². The highest BCUT2D eigenvalue weighted by molar-refractivity contribution is 6.59. The summed E-state index contributed by atoms with van der Waals surface area (Å²) < 4.78 is -0.0872. The van der Waals surface area contributed by atoms with Crippen LogP contribution in [0.15, 0.2) is 21.7 Å². The van der Waals surface area contributed by atoms with Gasteiger partial charge in [0.15, 0.2) is 0 Å². The van der Waals surface area contributed by atoms with Gasteiger partial charge in [-0.25, -0.2) is 0 Å². The van der Waals surface area contributed by atoms with E-state index in [1.165, 1.54) is 12.8 Å². The van der Waals surface area contributed by atoms with Gasteiger partial charge in [-0.1, -0.05) is 72.6 Å². The van der Waals surface area contributed by atoms with Crippen LogP contribution in [0.1, 0.15) is 57.8 Å². The van der Waals surface area contributed by atoms with Crippen molar-refractivity contribution < 1.29 is 9.59 Å². The Morgan fingerprint density at radius 3 is 2.08 bits per heavy atom. The second kappa shape index (κ2) is 9.84. The summed E-state index contributed by atoms with van der Waals surface area (Å²) in [5, 5.41) is 3.31. The van der Waals surface area contributed by atoms with E-state index >= 15 is 0 Å². The molecule has 1 fully saturated rings. The normalized spacial score (nSPS) is 25.0. The van der Waals surface area contributed by atoms with Gasteiger partial charge in [-0.3, -0.25) is 9.59 Å². The molecule has 134 valence electrons. The molecule has 2 aliphatic rings. The number of allylic oxidation sites excluding steroid dienone is 3. The highest BCUT2D eigenvalue weighted by Crippen LogP contribution is 2.31.